The van der Waals surface area contributed by atoms with Crippen LogP contribution in [0.4, 0.5) is 0 Å². The van der Waals surface area contributed by atoms with Crippen molar-refractivity contribution in [3.63, 3.8) is 0 Å². The van der Waals surface area contributed by atoms with Crippen molar-refractivity contribution in [2.75, 3.05) is 6.54 Å². The van der Waals surface area contributed by atoms with Gasteiger partial charge >= 0.3 is 0 Å². The molecule has 0 spiro atoms. The molecule has 0 aliphatic rings. The molecule has 2 rings (SSSR count). The van der Waals surface area contributed by atoms with Crippen molar-refractivity contribution in [3.05, 3.63) is 36.7 Å². The van der Waals surface area contributed by atoms with Crippen LogP contribution in [-0.2, 0) is 13.5 Å². The monoisotopic (exact) mass is 351 g/mol. The molecular formula is C13H16Cl3N3S. The van der Waals surface area contributed by atoms with Crippen molar-refractivity contribution < 1.29 is 0 Å². The van der Waals surface area contributed by atoms with Crippen molar-refractivity contribution in [1.29, 1.82) is 0 Å². The molecule has 0 aromatic carbocycles. The molecule has 3 nitrogen and oxygen atoms in total. The van der Waals surface area contributed by atoms with Gasteiger partial charge in [0.25, 0.3) is 0 Å². The van der Waals surface area contributed by atoms with E-state index in [1.165, 1.54) is 11.3 Å². The van der Waals surface area contributed by atoms with Gasteiger partial charge in [-0.2, -0.15) is 5.10 Å². The van der Waals surface area contributed by atoms with Crippen LogP contribution in [0.3, 0.4) is 0 Å². The molecule has 0 radical (unpaired) electrons. The number of hydrogen-bond acceptors (Lipinski definition) is 3. The van der Waals surface area contributed by atoms with Crippen molar-refractivity contribution in [2.24, 2.45) is 7.05 Å². The van der Waals surface area contributed by atoms with Crippen LogP contribution in [0.5, 0.6) is 0 Å². The van der Waals surface area contributed by atoms with E-state index >= 15 is 0 Å². The fraction of sp³-hybridized carbons (Fsp3) is 0.462. The Morgan fingerprint density at radius 1 is 1.40 bits per heavy atom. The van der Waals surface area contributed by atoms with Crippen molar-refractivity contribution in [3.8, 4) is 0 Å². The van der Waals surface area contributed by atoms with E-state index in [1.54, 1.807) is 4.68 Å². The molecule has 0 amide bonds. The maximum atomic E-state index is 6.31. The summed E-state index contributed by atoms with van der Waals surface area (Å²) >= 11 is 20.0. The third-order valence-corrected chi connectivity index (χ3v) is 5.18. The largest absolute Gasteiger partial charge is 0.310 e. The van der Waals surface area contributed by atoms with Gasteiger partial charge < -0.3 is 5.32 Å². The third-order valence-electron chi connectivity index (χ3n) is 3.19. The molecule has 20 heavy (non-hydrogen) atoms. The minimum absolute atomic E-state index is 0.0802. The molecule has 2 aromatic heterocycles. The number of aromatic nitrogens is 2. The zero-order valence-electron chi connectivity index (χ0n) is 11.5. The van der Waals surface area contributed by atoms with E-state index in [0.717, 1.165) is 34.1 Å². The average Bonchev–Trinajstić information content (AvgIpc) is 2.82. The second-order valence-electron chi connectivity index (χ2n) is 4.57. The van der Waals surface area contributed by atoms with E-state index in [2.05, 4.69) is 17.3 Å². The second kappa shape index (κ2) is 6.67. The molecule has 1 unspecified atom stereocenters. The predicted molar refractivity (Wildman–Crippen MR) is 87.4 cm³/mol. The zero-order chi connectivity index (χ0) is 14.9. The highest BCUT2D eigenvalue weighted by Crippen LogP contribution is 2.37. The van der Waals surface area contributed by atoms with Crippen molar-refractivity contribution in [1.82, 2.24) is 15.1 Å². The smallest absolute Gasteiger partial charge is 0.130 e. The maximum Gasteiger partial charge on any atom is 0.130 e. The lowest BCUT2D eigenvalue weighted by Gasteiger charge is -2.17. The normalized spacial score (nSPS) is 12.9. The van der Waals surface area contributed by atoms with Gasteiger partial charge in [0, 0.05) is 24.2 Å². The van der Waals surface area contributed by atoms with Crippen molar-refractivity contribution in [2.45, 2.75) is 26.3 Å². The highest BCUT2D eigenvalue weighted by Gasteiger charge is 2.21. The average molecular weight is 353 g/mol. The van der Waals surface area contributed by atoms with E-state index in [0.29, 0.717) is 9.49 Å². The number of thiophene rings is 1. The summed E-state index contributed by atoms with van der Waals surface area (Å²) in [5, 5.41) is 8.45. The number of halogens is 3. The van der Waals surface area contributed by atoms with E-state index in [4.69, 9.17) is 34.8 Å². The lowest BCUT2D eigenvalue weighted by atomic mass is 10.0. The molecule has 0 saturated carbocycles. The topological polar surface area (TPSA) is 29.9 Å². The first kappa shape index (κ1) is 16.1. The van der Waals surface area contributed by atoms with Gasteiger partial charge in [0.1, 0.15) is 5.15 Å². The summed E-state index contributed by atoms with van der Waals surface area (Å²) in [6, 6.07) is 2.00. The third kappa shape index (κ3) is 3.31. The molecule has 0 aliphatic heterocycles. The summed E-state index contributed by atoms with van der Waals surface area (Å²) in [5.74, 6) is 0. The SMILES string of the molecule is CCNC(Cc1c(C)nn(C)c1Cl)c1cc(Cl)sc1Cl. The molecule has 0 saturated heterocycles. The van der Waals surface area contributed by atoms with Crippen LogP contribution < -0.4 is 5.32 Å². The lowest BCUT2D eigenvalue weighted by molar-refractivity contribution is 0.550. The molecule has 1 N–H and O–H groups in total. The van der Waals surface area contributed by atoms with Crippen molar-refractivity contribution >= 4 is 46.1 Å². The Labute approximate surface area is 137 Å². The van der Waals surface area contributed by atoms with Crippen LogP contribution in [-0.4, -0.2) is 16.3 Å². The molecule has 7 heteroatoms. The fourth-order valence-electron chi connectivity index (χ4n) is 2.24. The summed E-state index contributed by atoms with van der Waals surface area (Å²) in [7, 11) is 1.84. The number of aryl methyl sites for hydroxylation is 2. The minimum atomic E-state index is 0.0802. The molecule has 110 valence electrons. The first-order valence-electron chi connectivity index (χ1n) is 6.30. The van der Waals surface area contributed by atoms with Gasteiger partial charge in [-0.05, 0) is 26.0 Å². The Morgan fingerprint density at radius 3 is 2.55 bits per heavy atom. The molecule has 2 heterocycles. The van der Waals surface area contributed by atoms with Crippen LogP contribution in [0.2, 0.25) is 13.8 Å². The molecule has 1 atom stereocenters. The lowest BCUT2D eigenvalue weighted by Crippen LogP contribution is -2.23. The minimum Gasteiger partial charge on any atom is -0.310 e. The number of likely N-dealkylation sites (N-methyl/N-ethyl adjacent to an activating group) is 1. The van der Waals surface area contributed by atoms with Gasteiger partial charge in [-0.25, -0.2) is 0 Å². The Morgan fingerprint density at radius 2 is 2.10 bits per heavy atom. The highest BCUT2D eigenvalue weighted by atomic mass is 35.5. The quantitative estimate of drug-likeness (QED) is 0.849. The summed E-state index contributed by atoms with van der Waals surface area (Å²) in [6.07, 6.45) is 0.735. The predicted octanol–water partition coefficient (Wildman–Crippen LogP) is 4.64. The second-order valence-corrected chi connectivity index (χ2v) is 7.22. The molecule has 0 aliphatic carbocycles. The van der Waals surface area contributed by atoms with E-state index in [9.17, 15) is 0 Å². The zero-order valence-corrected chi connectivity index (χ0v) is 14.6. The molecule has 0 fully saturated rings. The summed E-state index contributed by atoms with van der Waals surface area (Å²) in [5.41, 5.74) is 3.00. The molecule has 0 bridgehead atoms. The standard InChI is InChI=1S/C13H16Cl3N3S/c1-4-17-10(9-6-11(14)20-13(9)16)5-8-7(2)18-19(3)12(8)15/h6,10,17H,4-5H2,1-3H3. The summed E-state index contributed by atoms with van der Waals surface area (Å²) in [6.45, 7) is 4.87. The number of nitrogens with one attached hydrogen (secondary N) is 1. The van der Waals surface area contributed by atoms with E-state index in [-0.39, 0.29) is 6.04 Å². The van der Waals surface area contributed by atoms with Gasteiger partial charge in [-0.15, -0.1) is 11.3 Å². The van der Waals surface area contributed by atoms with Gasteiger partial charge in [0.2, 0.25) is 0 Å². The van der Waals surface area contributed by atoms with Crippen LogP contribution in [0.15, 0.2) is 6.07 Å². The molecular weight excluding hydrogens is 337 g/mol. The van der Waals surface area contributed by atoms with Gasteiger partial charge in [0.15, 0.2) is 0 Å². The summed E-state index contributed by atoms with van der Waals surface area (Å²) < 4.78 is 3.11. The Bertz CT molecular complexity index is 606. The van der Waals surface area contributed by atoms with E-state index < -0.39 is 0 Å². The highest BCUT2D eigenvalue weighted by molar-refractivity contribution is 7.20. The van der Waals surface area contributed by atoms with Crippen LogP contribution in [0.25, 0.3) is 0 Å². The number of hydrogen-bond donors (Lipinski definition) is 1. The van der Waals surface area contributed by atoms with E-state index in [1.807, 2.05) is 20.0 Å². The Hall–Kier alpha value is -0.260. The number of rotatable bonds is 5. The maximum absolute atomic E-state index is 6.31. The van der Waals surface area contributed by atoms with Crippen LogP contribution in [0, 0.1) is 6.92 Å². The Kier molecular flexibility index (Phi) is 5.37. The van der Waals surface area contributed by atoms with Gasteiger partial charge in [-0.3, -0.25) is 4.68 Å². The first-order chi connectivity index (χ1) is 9.43. The van der Waals surface area contributed by atoms with Crippen LogP contribution >= 0.6 is 46.1 Å². The van der Waals surface area contributed by atoms with Crippen LogP contribution in [0.1, 0.15) is 29.8 Å². The fourth-order valence-corrected chi connectivity index (χ4v) is 4.07. The Balaban J connectivity index is 2.32. The first-order valence-corrected chi connectivity index (χ1v) is 8.25. The van der Waals surface area contributed by atoms with Gasteiger partial charge in [0.05, 0.1) is 14.4 Å². The summed E-state index contributed by atoms with van der Waals surface area (Å²) in [4.78, 5) is 0. The molecule has 2 aromatic rings. The van der Waals surface area contributed by atoms with Gasteiger partial charge in [-0.1, -0.05) is 41.7 Å². The number of nitrogens with zero attached hydrogens (tertiary/aromatic N) is 2.